The topological polar surface area (TPSA) is 106 Å². The zero-order chi connectivity index (χ0) is 24.1. The summed E-state index contributed by atoms with van der Waals surface area (Å²) in [6.07, 6.45) is 11.6. The van der Waals surface area contributed by atoms with Crippen molar-refractivity contribution in [2.45, 2.75) is 51.8 Å². The fourth-order valence-electron chi connectivity index (χ4n) is 4.97. The molecule has 35 heavy (non-hydrogen) atoms. The molecule has 1 aliphatic rings. The molecule has 5 aromatic heterocycles. The first-order valence-electron chi connectivity index (χ1n) is 12.0. The van der Waals surface area contributed by atoms with Crippen LogP contribution in [0.5, 0.6) is 0 Å². The lowest BCUT2D eigenvalue weighted by atomic mass is 10.0. The van der Waals surface area contributed by atoms with Crippen LogP contribution in [0.2, 0.25) is 0 Å². The fraction of sp³-hybridized carbons (Fsp3) is 0.400. The normalized spacial score (nSPS) is 18.6. The van der Waals surface area contributed by atoms with E-state index in [1.165, 1.54) is 0 Å². The molecule has 1 aliphatic heterocycles. The van der Waals surface area contributed by atoms with Crippen molar-refractivity contribution in [3.8, 4) is 22.4 Å². The number of pyridine rings is 1. The van der Waals surface area contributed by atoms with Crippen molar-refractivity contribution in [2.75, 3.05) is 6.61 Å². The Morgan fingerprint density at radius 3 is 2.69 bits per heavy atom. The first kappa shape index (κ1) is 21.7. The molecule has 0 aromatic carbocycles. The van der Waals surface area contributed by atoms with Crippen LogP contribution in [0, 0.1) is 0 Å². The largest absolute Gasteiger partial charge is 0.434 e. The molecule has 6 rings (SSSR count). The minimum absolute atomic E-state index is 0.0357. The molecule has 0 aliphatic carbocycles. The van der Waals surface area contributed by atoms with E-state index in [2.05, 4.69) is 27.1 Å². The summed E-state index contributed by atoms with van der Waals surface area (Å²) in [5.74, 6) is 0. The Labute approximate surface area is 201 Å². The summed E-state index contributed by atoms with van der Waals surface area (Å²) in [6.45, 7) is 5.54. The summed E-state index contributed by atoms with van der Waals surface area (Å²) in [6, 6.07) is 2.00. The molecule has 2 atom stereocenters. The number of rotatable bonds is 5. The molecule has 1 fully saturated rings. The van der Waals surface area contributed by atoms with Gasteiger partial charge in [0.15, 0.2) is 5.58 Å². The number of furan rings is 1. The Morgan fingerprint density at radius 2 is 1.94 bits per heavy atom. The molecule has 0 spiro atoms. The van der Waals surface area contributed by atoms with Crippen molar-refractivity contribution in [3.05, 3.63) is 47.5 Å². The van der Waals surface area contributed by atoms with Crippen LogP contribution in [0.3, 0.4) is 0 Å². The van der Waals surface area contributed by atoms with E-state index in [1.807, 2.05) is 43.3 Å². The van der Waals surface area contributed by atoms with Gasteiger partial charge in [-0.15, -0.1) is 0 Å². The van der Waals surface area contributed by atoms with Gasteiger partial charge in [-0.05, 0) is 32.3 Å². The highest BCUT2D eigenvalue weighted by molar-refractivity contribution is 6.06. The Kier molecular flexibility index (Phi) is 5.25. The zero-order valence-electron chi connectivity index (χ0n) is 20.0. The number of hydrogen-bond donors (Lipinski definition) is 0. The standard InChI is InChI=1S/C25H27N7O3/c1-4-19-9-18(6-7-34-19)32-22-20-8-15(16-11-28-31(5-2)14-16)10-26-24(20)35-23(22)21(29-25(32)33)17-12-27-30(3)13-17/h8,10-14,18-19H,4-7,9H2,1-3H3/t18-,19-/m0/s1. The predicted octanol–water partition coefficient (Wildman–Crippen LogP) is 3.95. The minimum atomic E-state index is -0.301. The van der Waals surface area contributed by atoms with Gasteiger partial charge >= 0.3 is 5.69 Å². The average molecular weight is 474 g/mol. The fourth-order valence-corrected chi connectivity index (χ4v) is 4.97. The lowest BCUT2D eigenvalue weighted by molar-refractivity contribution is -0.00709. The summed E-state index contributed by atoms with van der Waals surface area (Å²) in [4.78, 5) is 22.7. The number of hydrogen-bond acceptors (Lipinski definition) is 7. The van der Waals surface area contributed by atoms with Gasteiger partial charge in [-0.25, -0.2) is 9.78 Å². The maximum atomic E-state index is 13.6. The predicted molar refractivity (Wildman–Crippen MR) is 131 cm³/mol. The molecule has 0 amide bonds. The van der Waals surface area contributed by atoms with Crippen molar-refractivity contribution >= 4 is 22.2 Å². The van der Waals surface area contributed by atoms with Gasteiger partial charge < -0.3 is 9.15 Å². The van der Waals surface area contributed by atoms with Gasteiger partial charge in [-0.2, -0.15) is 15.2 Å². The van der Waals surface area contributed by atoms with Crippen LogP contribution in [-0.4, -0.2) is 46.8 Å². The lowest BCUT2D eigenvalue weighted by Crippen LogP contribution is -2.34. The number of ether oxygens (including phenoxy) is 1. The van der Waals surface area contributed by atoms with Crippen molar-refractivity contribution < 1.29 is 9.15 Å². The molecule has 0 unspecified atom stereocenters. The van der Waals surface area contributed by atoms with Crippen LogP contribution in [0.4, 0.5) is 0 Å². The third kappa shape index (κ3) is 3.65. The Bertz CT molecular complexity index is 1590. The molecule has 6 heterocycles. The zero-order valence-corrected chi connectivity index (χ0v) is 20.0. The van der Waals surface area contributed by atoms with Crippen molar-refractivity contribution in [1.82, 2.24) is 34.1 Å². The smallest absolute Gasteiger partial charge is 0.349 e. The number of fused-ring (bicyclic) bond motifs is 3. The summed E-state index contributed by atoms with van der Waals surface area (Å²) >= 11 is 0. The van der Waals surface area contributed by atoms with E-state index in [1.54, 1.807) is 21.6 Å². The maximum absolute atomic E-state index is 13.6. The third-order valence-electron chi connectivity index (χ3n) is 6.82. The van der Waals surface area contributed by atoms with Crippen LogP contribution >= 0.6 is 0 Å². The van der Waals surface area contributed by atoms with Gasteiger partial charge in [0.1, 0.15) is 11.2 Å². The second-order valence-electron chi connectivity index (χ2n) is 9.04. The second-order valence-corrected chi connectivity index (χ2v) is 9.04. The molecule has 0 bridgehead atoms. The highest BCUT2D eigenvalue weighted by Gasteiger charge is 2.29. The molecule has 10 heteroatoms. The van der Waals surface area contributed by atoms with Crippen molar-refractivity contribution in [2.24, 2.45) is 7.05 Å². The lowest BCUT2D eigenvalue weighted by Gasteiger charge is -2.30. The SMILES string of the molecule is CC[C@H]1C[C@@H](n2c(=O)nc(-c3cnn(C)c3)c3oc4ncc(-c5cnn(CC)c5)cc4c32)CCO1. The summed E-state index contributed by atoms with van der Waals surface area (Å²) < 4.78 is 17.5. The van der Waals surface area contributed by atoms with Crippen LogP contribution in [0.1, 0.15) is 39.2 Å². The Hall–Kier alpha value is -3.79. The van der Waals surface area contributed by atoms with E-state index in [4.69, 9.17) is 9.15 Å². The molecule has 0 N–H and O–H groups in total. The van der Waals surface area contributed by atoms with E-state index in [9.17, 15) is 4.79 Å². The van der Waals surface area contributed by atoms with Gasteiger partial charge in [-0.3, -0.25) is 13.9 Å². The molecule has 180 valence electrons. The van der Waals surface area contributed by atoms with Gasteiger partial charge in [0.2, 0.25) is 5.71 Å². The molecule has 0 saturated carbocycles. The summed E-state index contributed by atoms with van der Waals surface area (Å²) in [5, 5.41) is 9.45. The highest BCUT2D eigenvalue weighted by atomic mass is 16.5. The van der Waals surface area contributed by atoms with E-state index < -0.39 is 0 Å². The second kappa shape index (κ2) is 8.46. The van der Waals surface area contributed by atoms with E-state index >= 15 is 0 Å². The Morgan fingerprint density at radius 1 is 1.09 bits per heavy atom. The number of aryl methyl sites for hydroxylation is 2. The molecular weight excluding hydrogens is 446 g/mol. The first-order chi connectivity index (χ1) is 17.1. The first-order valence-corrected chi connectivity index (χ1v) is 12.0. The monoisotopic (exact) mass is 473 g/mol. The van der Waals surface area contributed by atoms with Gasteiger partial charge in [0, 0.05) is 61.5 Å². The van der Waals surface area contributed by atoms with Crippen LogP contribution < -0.4 is 5.69 Å². The van der Waals surface area contributed by atoms with Crippen molar-refractivity contribution in [3.63, 3.8) is 0 Å². The van der Waals surface area contributed by atoms with Gasteiger partial charge in [0.05, 0.1) is 23.9 Å². The van der Waals surface area contributed by atoms with E-state index in [-0.39, 0.29) is 17.8 Å². The maximum Gasteiger partial charge on any atom is 0.349 e. The highest BCUT2D eigenvalue weighted by Crippen LogP contribution is 2.37. The molecule has 1 saturated heterocycles. The van der Waals surface area contributed by atoms with E-state index in [0.29, 0.717) is 23.6 Å². The van der Waals surface area contributed by atoms with Gasteiger partial charge in [0.25, 0.3) is 0 Å². The molecule has 5 aromatic rings. The summed E-state index contributed by atoms with van der Waals surface area (Å²) in [5.41, 5.74) is 4.51. The van der Waals surface area contributed by atoms with Gasteiger partial charge in [-0.1, -0.05) is 6.92 Å². The van der Waals surface area contributed by atoms with E-state index in [0.717, 1.165) is 53.4 Å². The quantitative estimate of drug-likeness (QED) is 0.380. The minimum Gasteiger partial charge on any atom is -0.434 e. The molecule has 0 radical (unpaired) electrons. The van der Waals surface area contributed by atoms with Crippen molar-refractivity contribution in [1.29, 1.82) is 0 Å². The van der Waals surface area contributed by atoms with Crippen LogP contribution in [-0.2, 0) is 18.3 Å². The summed E-state index contributed by atoms with van der Waals surface area (Å²) in [7, 11) is 1.83. The third-order valence-corrected chi connectivity index (χ3v) is 6.82. The average Bonchev–Trinajstić information content (AvgIpc) is 3.61. The number of nitrogens with zero attached hydrogens (tertiary/aromatic N) is 7. The van der Waals surface area contributed by atoms with Crippen LogP contribution in [0.25, 0.3) is 44.6 Å². The molecule has 10 nitrogen and oxygen atoms in total. The number of aromatic nitrogens is 7. The Balaban J connectivity index is 1.63. The van der Waals surface area contributed by atoms with Crippen LogP contribution in [0.15, 0.2) is 46.3 Å². The molecular formula is C25H27N7O3.